The third-order valence-corrected chi connectivity index (χ3v) is 6.53. The molecule has 2 aromatic heterocycles. The van der Waals surface area contributed by atoms with Crippen LogP contribution in [0, 0.1) is 20.8 Å². The van der Waals surface area contributed by atoms with E-state index >= 15 is 0 Å². The molecular weight excluding hydrogens is 408 g/mol. The molecule has 0 radical (unpaired) electrons. The Balaban J connectivity index is 1.37. The predicted octanol–water partition coefficient (Wildman–Crippen LogP) is 5.31. The van der Waals surface area contributed by atoms with Gasteiger partial charge in [-0.05, 0) is 50.1 Å². The molecule has 0 unspecified atom stereocenters. The van der Waals surface area contributed by atoms with Crippen LogP contribution < -0.4 is 4.90 Å². The van der Waals surface area contributed by atoms with E-state index in [1.165, 1.54) is 11.1 Å². The van der Waals surface area contributed by atoms with Gasteiger partial charge in [0, 0.05) is 35.2 Å². The Labute approximate surface area is 184 Å². The lowest BCUT2D eigenvalue weighted by atomic mass is 10.1. The van der Waals surface area contributed by atoms with Gasteiger partial charge in [0.25, 0.3) is 0 Å². The lowest BCUT2D eigenvalue weighted by Crippen LogP contribution is -2.24. The fraction of sp³-hybridized carbons (Fsp3) is 0.250. The number of carbonyl (C=O) groups excluding carboxylic acids is 1. The molecule has 5 rings (SSSR count). The Hall–Kier alpha value is -3.32. The zero-order chi connectivity index (χ0) is 21.5. The molecule has 1 amide bonds. The minimum absolute atomic E-state index is 0.0777. The highest BCUT2D eigenvalue weighted by molar-refractivity contribution is 7.09. The Bertz CT molecular complexity index is 1280. The van der Waals surface area contributed by atoms with Crippen molar-refractivity contribution in [1.82, 2.24) is 15.1 Å². The van der Waals surface area contributed by atoms with Crippen molar-refractivity contribution in [3.05, 3.63) is 69.9 Å². The quantitative estimate of drug-likeness (QED) is 0.439. The lowest BCUT2D eigenvalue weighted by Gasteiger charge is -2.17. The fourth-order valence-electron chi connectivity index (χ4n) is 3.85. The fourth-order valence-corrected chi connectivity index (χ4v) is 4.47. The number of carbonyl (C=O) groups is 1. The highest BCUT2D eigenvalue weighted by atomic mass is 32.1. The molecule has 1 atom stereocenters. The Morgan fingerprint density at radius 1 is 1.03 bits per heavy atom. The largest absolute Gasteiger partial charge is 0.339 e. The minimum atomic E-state index is -0.111. The van der Waals surface area contributed by atoms with Gasteiger partial charge in [-0.1, -0.05) is 29.4 Å². The first-order valence-electron chi connectivity index (χ1n) is 10.2. The average Bonchev–Trinajstić information content (AvgIpc) is 3.50. The number of nitrogens with zero attached hydrogens (tertiary/aromatic N) is 4. The van der Waals surface area contributed by atoms with Crippen molar-refractivity contribution in [2.45, 2.75) is 33.1 Å². The van der Waals surface area contributed by atoms with E-state index in [1.54, 1.807) is 11.3 Å². The van der Waals surface area contributed by atoms with E-state index in [1.807, 2.05) is 53.6 Å². The summed E-state index contributed by atoms with van der Waals surface area (Å²) in [5, 5.41) is 7.26. The third-order valence-electron chi connectivity index (χ3n) is 5.75. The standard InChI is InChI=1S/C24H22N4O2S/c1-14-7-8-20(9-15(14)2)28-12-19(11-22(28)29)24-26-23(27-30-24)18-6-4-5-17(10-18)21-13-31-16(3)25-21/h4-10,13,19H,11-12H2,1-3H3/t19-/m1/s1. The van der Waals surface area contributed by atoms with Gasteiger partial charge in [0.15, 0.2) is 0 Å². The molecule has 1 saturated heterocycles. The number of aromatic nitrogens is 3. The third kappa shape index (κ3) is 3.77. The number of hydrogen-bond acceptors (Lipinski definition) is 6. The summed E-state index contributed by atoms with van der Waals surface area (Å²) < 4.78 is 5.57. The van der Waals surface area contributed by atoms with E-state index in [9.17, 15) is 4.79 Å². The summed E-state index contributed by atoms with van der Waals surface area (Å²) in [6.45, 7) is 6.66. The first-order valence-corrected chi connectivity index (χ1v) is 11.1. The monoisotopic (exact) mass is 430 g/mol. The molecule has 3 heterocycles. The summed E-state index contributed by atoms with van der Waals surface area (Å²) >= 11 is 1.62. The second-order valence-electron chi connectivity index (χ2n) is 7.96. The van der Waals surface area contributed by atoms with Gasteiger partial charge >= 0.3 is 0 Å². The lowest BCUT2D eigenvalue weighted by molar-refractivity contribution is -0.117. The van der Waals surface area contributed by atoms with Crippen molar-refractivity contribution in [2.24, 2.45) is 0 Å². The van der Waals surface area contributed by atoms with Crippen LogP contribution in [-0.4, -0.2) is 27.6 Å². The van der Waals surface area contributed by atoms with Crippen LogP contribution >= 0.6 is 11.3 Å². The maximum Gasteiger partial charge on any atom is 0.232 e. The summed E-state index contributed by atoms with van der Waals surface area (Å²) in [5.74, 6) is 0.999. The van der Waals surface area contributed by atoms with E-state index in [2.05, 4.69) is 35.0 Å². The highest BCUT2D eigenvalue weighted by Crippen LogP contribution is 2.33. The van der Waals surface area contributed by atoms with Gasteiger partial charge in [-0.25, -0.2) is 4.98 Å². The van der Waals surface area contributed by atoms with Gasteiger partial charge in [-0.3, -0.25) is 4.79 Å². The van der Waals surface area contributed by atoms with Gasteiger partial charge in [-0.15, -0.1) is 11.3 Å². The molecule has 1 aliphatic heterocycles. The van der Waals surface area contributed by atoms with Crippen LogP contribution in [0.15, 0.2) is 52.4 Å². The molecular formula is C24H22N4O2S. The number of hydrogen-bond donors (Lipinski definition) is 0. The topological polar surface area (TPSA) is 72.1 Å². The maximum absolute atomic E-state index is 12.7. The molecule has 0 saturated carbocycles. The van der Waals surface area contributed by atoms with Crippen molar-refractivity contribution < 1.29 is 9.32 Å². The molecule has 0 N–H and O–H groups in total. The molecule has 7 heteroatoms. The Morgan fingerprint density at radius 3 is 2.65 bits per heavy atom. The van der Waals surface area contributed by atoms with Crippen LogP contribution in [-0.2, 0) is 4.79 Å². The molecule has 2 aromatic carbocycles. The molecule has 0 aliphatic carbocycles. The van der Waals surface area contributed by atoms with Crippen LogP contribution in [0.4, 0.5) is 5.69 Å². The van der Waals surface area contributed by atoms with Crippen molar-refractivity contribution in [3.63, 3.8) is 0 Å². The second-order valence-corrected chi connectivity index (χ2v) is 9.02. The number of anilines is 1. The molecule has 1 fully saturated rings. The van der Waals surface area contributed by atoms with Crippen LogP contribution in [0.25, 0.3) is 22.6 Å². The van der Waals surface area contributed by atoms with Gasteiger partial charge in [0.2, 0.25) is 17.6 Å². The van der Waals surface area contributed by atoms with Gasteiger partial charge in [-0.2, -0.15) is 4.98 Å². The molecule has 31 heavy (non-hydrogen) atoms. The Kier molecular flexibility index (Phi) is 4.90. The van der Waals surface area contributed by atoms with E-state index in [-0.39, 0.29) is 11.8 Å². The zero-order valence-electron chi connectivity index (χ0n) is 17.6. The smallest absolute Gasteiger partial charge is 0.232 e. The van der Waals surface area contributed by atoms with Crippen molar-refractivity contribution in [1.29, 1.82) is 0 Å². The van der Waals surface area contributed by atoms with Gasteiger partial charge < -0.3 is 9.42 Å². The number of amides is 1. The van der Waals surface area contributed by atoms with Crippen molar-refractivity contribution >= 4 is 22.9 Å². The first-order chi connectivity index (χ1) is 15.0. The minimum Gasteiger partial charge on any atom is -0.339 e. The summed E-state index contributed by atoms with van der Waals surface area (Å²) in [7, 11) is 0. The summed E-state index contributed by atoms with van der Waals surface area (Å²) in [5.41, 5.74) is 6.13. The van der Waals surface area contributed by atoms with Crippen LogP contribution in [0.3, 0.4) is 0 Å². The summed E-state index contributed by atoms with van der Waals surface area (Å²) in [6.07, 6.45) is 0.368. The van der Waals surface area contributed by atoms with E-state index < -0.39 is 0 Å². The summed E-state index contributed by atoms with van der Waals surface area (Å²) in [4.78, 5) is 23.7. The number of thiazole rings is 1. The number of aryl methyl sites for hydroxylation is 3. The number of rotatable bonds is 4. The predicted molar refractivity (Wildman–Crippen MR) is 121 cm³/mol. The zero-order valence-corrected chi connectivity index (χ0v) is 18.4. The van der Waals surface area contributed by atoms with Crippen LogP contribution in [0.2, 0.25) is 0 Å². The van der Waals surface area contributed by atoms with E-state index in [0.29, 0.717) is 24.7 Å². The van der Waals surface area contributed by atoms with Gasteiger partial charge in [0.05, 0.1) is 16.6 Å². The average molecular weight is 431 g/mol. The molecule has 4 aromatic rings. The summed E-state index contributed by atoms with van der Waals surface area (Å²) in [6, 6.07) is 14.1. The van der Waals surface area contributed by atoms with Crippen LogP contribution in [0.1, 0.15) is 34.4 Å². The normalized spacial score (nSPS) is 16.3. The van der Waals surface area contributed by atoms with E-state index in [4.69, 9.17) is 4.52 Å². The first kappa shape index (κ1) is 19.6. The molecule has 1 aliphatic rings. The number of benzene rings is 2. The van der Waals surface area contributed by atoms with Crippen molar-refractivity contribution in [3.8, 4) is 22.6 Å². The maximum atomic E-state index is 12.7. The van der Waals surface area contributed by atoms with Gasteiger partial charge in [0.1, 0.15) is 0 Å². The molecule has 0 bridgehead atoms. The molecule has 6 nitrogen and oxygen atoms in total. The molecule has 0 spiro atoms. The SMILES string of the molecule is Cc1nc(-c2cccc(-c3noc([C@@H]4CC(=O)N(c5ccc(C)c(C)c5)C4)n3)c2)cs1. The van der Waals surface area contributed by atoms with Crippen molar-refractivity contribution in [2.75, 3.05) is 11.4 Å². The second kappa shape index (κ2) is 7.74. The van der Waals surface area contributed by atoms with E-state index in [0.717, 1.165) is 27.5 Å². The van der Waals surface area contributed by atoms with Crippen LogP contribution in [0.5, 0.6) is 0 Å². The highest BCUT2D eigenvalue weighted by Gasteiger charge is 2.35. The molecule has 156 valence electrons. The Morgan fingerprint density at radius 2 is 1.87 bits per heavy atom.